The second kappa shape index (κ2) is 8.26. The number of aromatic nitrogens is 1. The van der Waals surface area contributed by atoms with Gasteiger partial charge in [-0.15, -0.1) is 0 Å². The van der Waals surface area contributed by atoms with Crippen molar-refractivity contribution in [2.75, 3.05) is 26.7 Å². The van der Waals surface area contributed by atoms with Crippen molar-refractivity contribution in [2.45, 2.75) is 32.4 Å². The number of hydrogen-bond acceptors (Lipinski definition) is 5. The van der Waals surface area contributed by atoms with Gasteiger partial charge in [0.2, 0.25) is 0 Å². The van der Waals surface area contributed by atoms with Crippen molar-refractivity contribution in [3.63, 3.8) is 0 Å². The molecule has 8 heteroatoms. The number of nitrogens with one attached hydrogen (secondary N) is 2. The van der Waals surface area contributed by atoms with Gasteiger partial charge in [0.15, 0.2) is 5.96 Å². The molecular weight excluding hydrogens is 286 g/mol. The Morgan fingerprint density at radius 2 is 2.32 bits per heavy atom. The molecule has 0 aliphatic carbocycles. The second-order valence-electron chi connectivity index (χ2n) is 5.06. The smallest absolute Gasteiger partial charge is 0.409 e. The molecule has 0 radical (unpaired) electrons. The zero-order valence-electron chi connectivity index (χ0n) is 13.0. The first kappa shape index (κ1) is 16.1. The number of guanidine groups is 1. The van der Waals surface area contributed by atoms with E-state index in [4.69, 9.17) is 9.26 Å². The number of likely N-dealkylation sites (tertiary alicyclic amines) is 1. The monoisotopic (exact) mass is 309 g/mol. The number of methoxy groups -OCH3 is 1. The van der Waals surface area contributed by atoms with Crippen molar-refractivity contribution < 1.29 is 14.1 Å². The molecule has 1 aromatic heterocycles. The predicted molar refractivity (Wildman–Crippen MR) is 81.5 cm³/mol. The molecule has 1 aromatic rings. The molecule has 1 amide bonds. The molecule has 1 aliphatic rings. The van der Waals surface area contributed by atoms with E-state index in [1.807, 2.05) is 6.92 Å². The number of piperidine rings is 1. The molecule has 8 nitrogen and oxygen atoms in total. The van der Waals surface area contributed by atoms with Gasteiger partial charge in [-0.3, -0.25) is 0 Å². The van der Waals surface area contributed by atoms with Crippen LogP contribution in [0.4, 0.5) is 4.79 Å². The van der Waals surface area contributed by atoms with E-state index in [0.717, 1.165) is 31.0 Å². The maximum absolute atomic E-state index is 11.5. The van der Waals surface area contributed by atoms with Crippen molar-refractivity contribution in [1.82, 2.24) is 20.7 Å². The molecule has 1 fully saturated rings. The summed E-state index contributed by atoms with van der Waals surface area (Å²) in [6.07, 6.45) is 3.01. The van der Waals surface area contributed by atoms with Gasteiger partial charge in [-0.2, -0.15) is 0 Å². The summed E-state index contributed by atoms with van der Waals surface area (Å²) < 4.78 is 9.53. The van der Waals surface area contributed by atoms with E-state index in [9.17, 15) is 4.79 Å². The minimum atomic E-state index is -0.259. The molecule has 122 valence electrons. The molecule has 0 unspecified atom stereocenters. The summed E-state index contributed by atoms with van der Waals surface area (Å²) in [6.45, 7) is 4.64. The van der Waals surface area contributed by atoms with E-state index >= 15 is 0 Å². The molecule has 2 N–H and O–H groups in total. The van der Waals surface area contributed by atoms with Crippen LogP contribution in [0.25, 0.3) is 0 Å². The lowest BCUT2D eigenvalue weighted by atomic mass is 10.1. The summed E-state index contributed by atoms with van der Waals surface area (Å²) in [5, 5.41) is 10.4. The fourth-order valence-corrected chi connectivity index (χ4v) is 2.33. The summed E-state index contributed by atoms with van der Waals surface area (Å²) in [5.41, 5.74) is 0.790. The van der Waals surface area contributed by atoms with Gasteiger partial charge in [-0.25, -0.2) is 9.79 Å². The van der Waals surface area contributed by atoms with Crippen LogP contribution in [0.15, 0.2) is 21.8 Å². The minimum absolute atomic E-state index is 0.259. The van der Waals surface area contributed by atoms with E-state index < -0.39 is 0 Å². The van der Waals surface area contributed by atoms with Crippen LogP contribution in [-0.4, -0.2) is 54.9 Å². The molecule has 2 rings (SSSR count). The first-order chi connectivity index (χ1) is 10.7. The number of amides is 1. The van der Waals surface area contributed by atoms with E-state index in [1.54, 1.807) is 11.0 Å². The fourth-order valence-electron chi connectivity index (χ4n) is 2.33. The van der Waals surface area contributed by atoms with Gasteiger partial charge in [-0.1, -0.05) is 5.16 Å². The van der Waals surface area contributed by atoms with Gasteiger partial charge in [0, 0.05) is 31.7 Å². The topological polar surface area (TPSA) is 92.0 Å². The van der Waals surface area contributed by atoms with Crippen molar-refractivity contribution in [3.05, 3.63) is 18.0 Å². The number of rotatable bonds is 4. The normalized spacial score (nSPS) is 16.5. The van der Waals surface area contributed by atoms with Gasteiger partial charge < -0.3 is 24.8 Å². The largest absolute Gasteiger partial charge is 0.453 e. The van der Waals surface area contributed by atoms with Crippen LogP contribution in [0.1, 0.15) is 25.5 Å². The highest BCUT2D eigenvalue weighted by atomic mass is 16.5. The standard InChI is InChI=1S/C14H23N5O3/c1-3-15-13(16-10-12-6-9-22-18-12)17-11-4-7-19(8-5-11)14(20)21-2/h6,9,11H,3-5,7-8,10H2,1-2H3,(H2,15,16,17). The summed E-state index contributed by atoms with van der Waals surface area (Å²) in [6, 6.07) is 2.08. The Morgan fingerprint density at radius 1 is 1.55 bits per heavy atom. The molecule has 22 heavy (non-hydrogen) atoms. The number of carbonyl (C=O) groups is 1. The number of aliphatic imine (C=N–C) groups is 1. The van der Waals surface area contributed by atoms with Gasteiger partial charge in [0.25, 0.3) is 0 Å². The molecule has 0 aromatic carbocycles. The summed E-state index contributed by atoms with van der Waals surface area (Å²) >= 11 is 0. The lowest BCUT2D eigenvalue weighted by Crippen LogP contribution is -2.49. The first-order valence-corrected chi connectivity index (χ1v) is 7.50. The van der Waals surface area contributed by atoms with Crippen molar-refractivity contribution in [3.8, 4) is 0 Å². The van der Waals surface area contributed by atoms with Gasteiger partial charge in [-0.05, 0) is 19.8 Å². The zero-order valence-corrected chi connectivity index (χ0v) is 13.0. The molecule has 1 saturated heterocycles. The van der Waals surface area contributed by atoms with Crippen LogP contribution >= 0.6 is 0 Å². The molecule has 0 saturated carbocycles. The maximum atomic E-state index is 11.5. The predicted octanol–water partition coefficient (Wildman–Crippen LogP) is 0.960. The van der Waals surface area contributed by atoms with Crippen LogP contribution < -0.4 is 10.6 Å². The quantitative estimate of drug-likeness (QED) is 0.636. The van der Waals surface area contributed by atoms with Crippen molar-refractivity contribution in [1.29, 1.82) is 0 Å². The molecule has 0 atom stereocenters. The number of carbonyl (C=O) groups excluding carboxylic acids is 1. The lowest BCUT2D eigenvalue weighted by Gasteiger charge is -2.32. The third kappa shape index (κ3) is 4.64. The average molecular weight is 309 g/mol. The zero-order chi connectivity index (χ0) is 15.8. The molecular formula is C14H23N5O3. The first-order valence-electron chi connectivity index (χ1n) is 7.50. The van der Waals surface area contributed by atoms with E-state index in [2.05, 4.69) is 20.8 Å². The highest BCUT2D eigenvalue weighted by molar-refractivity contribution is 5.80. The minimum Gasteiger partial charge on any atom is -0.453 e. The van der Waals surface area contributed by atoms with E-state index in [-0.39, 0.29) is 12.1 Å². The maximum Gasteiger partial charge on any atom is 0.409 e. The Labute approximate surface area is 129 Å². The highest BCUT2D eigenvalue weighted by Crippen LogP contribution is 2.11. The molecule has 1 aliphatic heterocycles. The second-order valence-corrected chi connectivity index (χ2v) is 5.06. The molecule has 2 heterocycles. The molecule has 0 bridgehead atoms. The summed E-state index contributed by atoms with van der Waals surface area (Å²) in [5.74, 6) is 0.752. The third-order valence-electron chi connectivity index (χ3n) is 3.50. The summed E-state index contributed by atoms with van der Waals surface area (Å²) in [4.78, 5) is 17.7. The van der Waals surface area contributed by atoms with Crippen molar-refractivity contribution in [2.24, 2.45) is 4.99 Å². The van der Waals surface area contributed by atoms with E-state index in [0.29, 0.717) is 19.6 Å². The van der Waals surface area contributed by atoms with Crippen LogP contribution in [0.3, 0.4) is 0 Å². The SMILES string of the molecule is CCNC(=NCc1ccon1)NC1CCN(C(=O)OC)CC1. The highest BCUT2D eigenvalue weighted by Gasteiger charge is 2.23. The third-order valence-corrected chi connectivity index (χ3v) is 3.50. The van der Waals surface area contributed by atoms with Crippen molar-refractivity contribution >= 4 is 12.1 Å². The molecule has 0 spiro atoms. The Kier molecular flexibility index (Phi) is 6.05. The Morgan fingerprint density at radius 3 is 2.91 bits per heavy atom. The fraction of sp³-hybridized carbons (Fsp3) is 0.643. The van der Waals surface area contributed by atoms with Gasteiger partial charge in [0.05, 0.1) is 13.7 Å². The van der Waals surface area contributed by atoms with Gasteiger partial charge in [0.1, 0.15) is 12.0 Å². The number of hydrogen-bond donors (Lipinski definition) is 2. The Hall–Kier alpha value is -2.25. The van der Waals surface area contributed by atoms with Gasteiger partial charge >= 0.3 is 6.09 Å². The van der Waals surface area contributed by atoms with Crippen LogP contribution in [0.2, 0.25) is 0 Å². The average Bonchev–Trinajstić information content (AvgIpc) is 3.06. The van der Waals surface area contributed by atoms with Crippen LogP contribution in [0, 0.1) is 0 Å². The Bertz CT molecular complexity index is 481. The van der Waals surface area contributed by atoms with Crippen LogP contribution in [0.5, 0.6) is 0 Å². The lowest BCUT2D eigenvalue weighted by molar-refractivity contribution is 0.111. The summed E-state index contributed by atoms with van der Waals surface area (Å²) in [7, 11) is 1.41. The Balaban J connectivity index is 1.84. The number of ether oxygens (including phenoxy) is 1. The number of nitrogens with zero attached hydrogens (tertiary/aromatic N) is 3. The van der Waals surface area contributed by atoms with E-state index in [1.165, 1.54) is 13.4 Å². The van der Waals surface area contributed by atoms with Crippen LogP contribution in [-0.2, 0) is 11.3 Å².